The molecule has 130 valence electrons. The second-order valence-electron chi connectivity index (χ2n) is 6.83. The third-order valence-electron chi connectivity index (χ3n) is 4.05. The molecule has 0 radical (unpaired) electrons. The van der Waals surface area contributed by atoms with Crippen LogP contribution in [0, 0.1) is 5.92 Å². The zero-order valence-electron chi connectivity index (χ0n) is 14.3. The van der Waals surface area contributed by atoms with Crippen molar-refractivity contribution in [1.29, 1.82) is 0 Å². The van der Waals surface area contributed by atoms with Gasteiger partial charge in [0.15, 0.2) is 15.7 Å². The Hall–Kier alpha value is -1.80. The number of rotatable bonds is 7. The molecule has 0 atom stereocenters. The van der Waals surface area contributed by atoms with Crippen LogP contribution in [-0.4, -0.2) is 52.4 Å². The number of tetrazole rings is 1. The van der Waals surface area contributed by atoms with Crippen LogP contribution in [0.3, 0.4) is 0 Å². The van der Waals surface area contributed by atoms with Gasteiger partial charge in [-0.1, -0.05) is 13.8 Å². The molecule has 7 nitrogen and oxygen atoms in total. The highest BCUT2D eigenvalue weighted by Gasteiger charge is 2.30. The lowest BCUT2D eigenvalue weighted by atomic mass is 10.2. The predicted octanol–water partition coefficient (Wildman–Crippen LogP) is 1.69. The summed E-state index contributed by atoms with van der Waals surface area (Å²) in [6, 6.07) is 7.27. The molecule has 1 aliphatic rings. The van der Waals surface area contributed by atoms with Crippen molar-refractivity contribution in [1.82, 2.24) is 25.1 Å². The maximum absolute atomic E-state index is 11.6. The molecule has 0 spiro atoms. The monoisotopic (exact) mass is 349 g/mol. The van der Waals surface area contributed by atoms with E-state index < -0.39 is 9.84 Å². The maximum Gasteiger partial charge on any atom is 0.175 e. The van der Waals surface area contributed by atoms with Crippen LogP contribution in [0.1, 0.15) is 32.5 Å². The molecule has 8 heteroatoms. The van der Waals surface area contributed by atoms with E-state index in [4.69, 9.17) is 0 Å². The molecule has 0 amide bonds. The first-order valence-electron chi connectivity index (χ1n) is 8.16. The summed E-state index contributed by atoms with van der Waals surface area (Å²) in [5.74, 6) is 1.36. The summed E-state index contributed by atoms with van der Waals surface area (Å²) < 4.78 is 24.8. The van der Waals surface area contributed by atoms with E-state index in [0.717, 1.165) is 18.1 Å². The fourth-order valence-electron chi connectivity index (χ4n) is 2.77. The van der Waals surface area contributed by atoms with Gasteiger partial charge in [-0.3, -0.25) is 4.90 Å². The van der Waals surface area contributed by atoms with Gasteiger partial charge in [0.1, 0.15) is 0 Å². The molecule has 0 N–H and O–H groups in total. The second-order valence-corrected chi connectivity index (χ2v) is 8.84. The smallest absolute Gasteiger partial charge is 0.175 e. The predicted molar refractivity (Wildman–Crippen MR) is 90.5 cm³/mol. The van der Waals surface area contributed by atoms with Crippen molar-refractivity contribution < 1.29 is 8.42 Å². The van der Waals surface area contributed by atoms with Gasteiger partial charge < -0.3 is 0 Å². The summed E-state index contributed by atoms with van der Waals surface area (Å²) in [6.45, 7) is 6.14. The van der Waals surface area contributed by atoms with Crippen LogP contribution in [0.25, 0.3) is 5.69 Å². The number of hydrogen-bond donors (Lipinski definition) is 0. The molecule has 3 rings (SSSR count). The minimum atomic E-state index is -3.20. The largest absolute Gasteiger partial charge is 0.293 e. The van der Waals surface area contributed by atoms with E-state index in [1.54, 1.807) is 28.9 Å². The third kappa shape index (κ3) is 3.99. The SMILES string of the molecule is CC(C)CN(Cc1nnnn1-c1ccc(S(C)(=O)=O)cc1)C1CC1. The van der Waals surface area contributed by atoms with E-state index in [2.05, 4.69) is 34.3 Å². The van der Waals surface area contributed by atoms with Crippen LogP contribution < -0.4 is 0 Å². The molecular formula is C16H23N5O2S. The van der Waals surface area contributed by atoms with Gasteiger partial charge in [0, 0.05) is 18.8 Å². The molecular weight excluding hydrogens is 326 g/mol. The molecule has 0 saturated heterocycles. The minimum absolute atomic E-state index is 0.292. The van der Waals surface area contributed by atoms with Crippen LogP contribution in [-0.2, 0) is 16.4 Å². The van der Waals surface area contributed by atoms with E-state index in [1.807, 2.05) is 0 Å². The lowest BCUT2D eigenvalue weighted by molar-refractivity contribution is 0.219. The van der Waals surface area contributed by atoms with Crippen molar-refractivity contribution >= 4 is 9.84 Å². The summed E-state index contributed by atoms with van der Waals surface area (Å²) in [6.07, 6.45) is 3.67. The van der Waals surface area contributed by atoms with E-state index in [0.29, 0.717) is 23.4 Å². The van der Waals surface area contributed by atoms with Gasteiger partial charge >= 0.3 is 0 Å². The first-order chi connectivity index (χ1) is 11.3. The summed E-state index contributed by atoms with van der Waals surface area (Å²) in [5, 5.41) is 12.0. The number of benzene rings is 1. The van der Waals surface area contributed by atoms with E-state index >= 15 is 0 Å². The van der Waals surface area contributed by atoms with Gasteiger partial charge in [-0.25, -0.2) is 8.42 Å². The fourth-order valence-corrected chi connectivity index (χ4v) is 3.40. The molecule has 1 fully saturated rings. The molecule has 1 aliphatic carbocycles. The molecule has 1 aromatic heterocycles. The Morgan fingerprint density at radius 2 is 1.92 bits per heavy atom. The Balaban J connectivity index is 1.82. The quantitative estimate of drug-likeness (QED) is 0.757. The van der Waals surface area contributed by atoms with Crippen LogP contribution >= 0.6 is 0 Å². The van der Waals surface area contributed by atoms with Crippen molar-refractivity contribution in [2.45, 2.75) is 44.2 Å². The van der Waals surface area contributed by atoms with Crippen molar-refractivity contribution in [3.63, 3.8) is 0 Å². The summed E-state index contributed by atoms with van der Waals surface area (Å²) in [5.41, 5.74) is 0.766. The Bertz CT molecular complexity index is 794. The van der Waals surface area contributed by atoms with Crippen molar-refractivity contribution in [3.8, 4) is 5.69 Å². The fraction of sp³-hybridized carbons (Fsp3) is 0.562. The van der Waals surface area contributed by atoms with E-state index in [-0.39, 0.29) is 0 Å². The van der Waals surface area contributed by atoms with Crippen LogP contribution in [0.15, 0.2) is 29.2 Å². The van der Waals surface area contributed by atoms with Gasteiger partial charge in [-0.15, -0.1) is 5.10 Å². The zero-order chi connectivity index (χ0) is 17.3. The van der Waals surface area contributed by atoms with Gasteiger partial charge in [0.2, 0.25) is 0 Å². The molecule has 0 bridgehead atoms. The van der Waals surface area contributed by atoms with Gasteiger partial charge in [-0.2, -0.15) is 4.68 Å². The molecule has 1 aromatic carbocycles. The number of aromatic nitrogens is 4. The standard InChI is InChI=1S/C16H23N5O2S/c1-12(2)10-20(13-4-5-13)11-16-17-18-19-21(16)14-6-8-15(9-7-14)24(3,22)23/h6-9,12-13H,4-5,10-11H2,1-3H3. The number of hydrogen-bond acceptors (Lipinski definition) is 6. The molecule has 1 heterocycles. The van der Waals surface area contributed by atoms with Crippen molar-refractivity contribution in [2.75, 3.05) is 12.8 Å². The Labute approximate surface area is 142 Å². The molecule has 0 aliphatic heterocycles. The third-order valence-corrected chi connectivity index (χ3v) is 5.18. The first-order valence-corrected chi connectivity index (χ1v) is 10.1. The summed E-state index contributed by atoms with van der Waals surface area (Å²) in [4.78, 5) is 2.72. The normalized spacial score (nSPS) is 15.4. The van der Waals surface area contributed by atoms with Crippen molar-refractivity contribution in [3.05, 3.63) is 30.1 Å². The Morgan fingerprint density at radius 1 is 1.25 bits per heavy atom. The topological polar surface area (TPSA) is 81.0 Å². The summed E-state index contributed by atoms with van der Waals surface area (Å²) >= 11 is 0. The second kappa shape index (κ2) is 6.60. The molecule has 0 unspecified atom stereocenters. The van der Waals surface area contributed by atoms with Gasteiger partial charge in [0.25, 0.3) is 0 Å². The lowest BCUT2D eigenvalue weighted by Crippen LogP contribution is -2.30. The Morgan fingerprint density at radius 3 is 2.46 bits per heavy atom. The maximum atomic E-state index is 11.6. The highest BCUT2D eigenvalue weighted by Crippen LogP contribution is 2.29. The van der Waals surface area contributed by atoms with Crippen LogP contribution in [0.5, 0.6) is 0 Å². The van der Waals surface area contributed by atoms with Gasteiger partial charge in [0.05, 0.1) is 17.1 Å². The van der Waals surface area contributed by atoms with E-state index in [9.17, 15) is 8.42 Å². The highest BCUT2D eigenvalue weighted by molar-refractivity contribution is 7.90. The minimum Gasteiger partial charge on any atom is -0.293 e. The zero-order valence-corrected chi connectivity index (χ0v) is 15.1. The average molecular weight is 349 g/mol. The summed E-state index contributed by atoms with van der Waals surface area (Å²) in [7, 11) is -3.20. The number of nitrogens with zero attached hydrogens (tertiary/aromatic N) is 5. The lowest BCUT2D eigenvalue weighted by Gasteiger charge is -2.23. The average Bonchev–Trinajstić information content (AvgIpc) is 3.25. The molecule has 2 aromatic rings. The van der Waals surface area contributed by atoms with E-state index in [1.165, 1.54) is 19.1 Å². The first kappa shape index (κ1) is 17.0. The highest BCUT2D eigenvalue weighted by atomic mass is 32.2. The van der Waals surface area contributed by atoms with Crippen LogP contribution in [0.4, 0.5) is 0 Å². The van der Waals surface area contributed by atoms with Gasteiger partial charge in [-0.05, 0) is 53.5 Å². The number of sulfone groups is 1. The Kier molecular flexibility index (Phi) is 4.69. The van der Waals surface area contributed by atoms with Crippen LogP contribution in [0.2, 0.25) is 0 Å². The van der Waals surface area contributed by atoms with Crippen molar-refractivity contribution in [2.24, 2.45) is 5.92 Å². The molecule has 1 saturated carbocycles. The molecule has 24 heavy (non-hydrogen) atoms.